The molecule has 152 valence electrons. The number of aromatic nitrogens is 1. The van der Waals surface area contributed by atoms with Gasteiger partial charge in [0.1, 0.15) is 17.7 Å². The highest BCUT2D eigenvalue weighted by Gasteiger charge is 2.28. The number of benzene rings is 2. The van der Waals surface area contributed by atoms with Crippen LogP contribution < -0.4 is 15.4 Å². The van der Waals surface area contributed by atoms with E-state index in [4.69, 9.17) is 4.74 Å². The quantitative estimate of drug-likeness (QED) is 0.693. The lowest BCUT2D eigenvalue weighted by Gasteiger charge is -2.27. The number of halogens is 2. The number of carbonyl (C=O) groups is 1. The Bertz CT molecular complexity index is 1020. The third-order valence-corrected chi connectivity index (χ3v) is 5.34. The molecule has 5 nitrogen and oxygen atoms in total. The molecule has 0 spiro atoms. The number of fused-ring (bicyclic) bond motifs is 1. The van der Waals surface area contributed by atoms with Gasteiger partial charge in [-0.1, -0.05) is 18.2 Å². The summed E-state index contributed by atoms with van der Waals surface area (Å²) in [6, 6.07) is 11.7. The molecule has 0 aliphatic carbocycles. The molecule has 1 aliphatic heterocycles. The molecule has 0 unspecified atom stereocenters. The molecule has 0 bridgehead atoms. The van der Waals surface area contributed by atoms with Crippen LogP contribution in [0.15, 0.2) is 48.7 Å². The van der Waals surface area contributed by atoms with Gasteiger partial charge in [0.2, 0.25) is 0 Å². The Morgan fingerprint density at radius 1 is 1.28 bits per heavy atom. The molecule has 2 aromatic carbocycles. The normalized spacial score (nSPS) is 19.3. The molecule has 2 atom stereocenters. The summed E-state index contributed by atoms with van der Waals surface area (Å²) in [6.45, 7) is 1.31. The van der Waals surface area contributed by atoms with E-state index in [-0.39, 0.29) is 17.5 Å². The topological polar surface area (TPSA) is 55.3 Å². The molecule has 29 heavy (non-hydrogen) atoms. The molecule has 3 aromatic rings. The van der Waals surface area contributed by atoms with E-state index in [0.717, 1.165) is 11.3 Å². The monoisotopic (exact) mass is 399 g/mol. The molecule has 1 aliphatic rings. The van der Waals surface area contributed by atoms with Crippen molar-refractivity contribution >= 4 is 16.8 Å². The summed E-state index contributed by atoms with van der Waals surface area (Å²) in [5, 5.41) is 5.96. The zero-order valence-corrected chi connectivity index (χ0v) is 16.1. The van der Waals surface area contributed by atoms with Gasteiger partial charge in [-0.25, -0.2) is 8.78 Å². The summed E-state index contributed by atoms with van der Waals surface area (Å²) >= 11 is 0. The highest BCUT2D eigenvalue weighted by molar-refractivity contribution is 6.07. The number of carbonyl (C=O) groups excluding carboxylic acids is 1. The maximum Gasteiger partial charge on any atom is 0.253 e. The largest absolute Gasteiger partial charge is 0.497 e. The first-order chi connectivity index (χ1) is 14.1. The van der Waals surface area contributed by atoms with E-state index in [1.807, 2.05) is 28.8 Å². The molecule has 1 aromatic heterocycles. The standard InChI is InChI=1S/C22H23F2N3O2/c1-29-15-7-5-14(6-8-15)12-27-13-16(21-17(23)3-2-4-20(21)27)22(28)26-19-9-10-25-11-18(19)24/h2-8,13,18-19,25H,9-12H2,1H3,(H,26,28)/t18-,19+/m1/s1. The zero-order valence-electron chi connectivity index (χ0n) is 16.1. The van der Waals surface area contributed by atoms with Crippen molar-refractivity contribution in [2.75, 3.05) is 20.2 Å². The van der Waals surface area contributed by atoms with E-state index >= 15 is 0 Å². The first kappa shape index (κ1) is 19.4. The highest BCUT2D eigenvalue weighted by atomic mass is 19.1. The van der Waals surface area contributed by atoms with E-state index in [0.29, 0.717) is 25.0 Å². The number of amides is 1. The van der Waals surface area contributed by atoms with Crippen molar-refractivity contribution in [2.24, 2.45) is 0 Å². The average molecular weight is 399 g/mol. The van der Waals surface area contributed by atoms with Gasteiger partial charge in [0.05, 0.1) is 24.2 Å². The van der Waals surface area contributed by atoms with Crippen molar-refractivity contribution in [1.29, 1.82) is 0 Å². The third kappa shape index (κ3) is 3.96. The number of hydrogen-bond acceptors (Lipinski definition) is 3. The Kier molecular flexibility index (Phi) is 5.49. The highest BCUT2D eigenvalue weighted by Crippen LogP contribution is 2.26. The number of nitrogens with zero attached hydrogens (tertiary/aromatic N) is 1. The molecular weight excluding hydrogens is 376 g/mol. The molecule has 7 heteroatoms. The van der Waals surface area contributed by atoms with Crippen molar-refractivity contribution in [3.8, 4) is 5.75 Å². The van der Waals surface area contributed by atoms with Crippen LogP contribution >= 0.6 is 0 Å². The second-order valence-corrected chi connectivity index (χ2v) is 7.24. The molecule has 0 saturated carbocycles. The van der Waals surface area contributed by atoms with Crippen LogP contribution in [0.2, 0.25) is 0 Å². The van der Waals surface area contributed by atoms with Crippen molar-refractivity contribution in [1.82, 2.24) is 15.2 Å². The van der Waals surface area contributed by atoms with Crippen molar-refractivity contribution in [2.45, 2.75) is 25.2 Å². The number of alkyl halides is 1. The summed E-state index contributed by atoms with van der Waals surface area (Å²) in [4.78, 5) is 12.9. The number of hydrogen-bond donors (Lipinski definition) is 2. The smallest absolute Gasteiger partial charge is 0.253 e. The Morgan fingerprint density at radius 3 is 2.79 bits per heavy atom. The molecule has 2 N–H and O–H groups in total. The van der Waals surface area contributed by atoms with E-state index in [1.165, 1.54) is 6.07 Å². The number of nitrogens with one attached hydrogen (secondary N) is 2. The van der Waals surface area contributed by atoms with Crippen LogP contribution in [0.3, 0.4) is 0 Å². The Balaban J connectivity index is 1.66. The molecule has 2 heterocycles. The first-order valence-electron chi connectivity index (χ1n) is 9.62. The molecule has 4 rings (SSSR count). The zero-order chi connectivity index (χ0) is 20.4. The SMILES string of the molecule is COc1ccc(Cn2cc(C(=O)N[C@H]3CCNC[C@H]3F)c3c(F)cccc32)cc1. The predicted molar refractivity (Wildman–Crippen MR) is 108 cm³/mol. The van der Waals surface area contributed by atoms with Crippen LogP contribution in [0.25, 0.3) is 10.9 Å². The first-order valence-corrected chi connectivity index (χ1v) is 9.62. The van der Waals surface area contributed by atoms with Gasteiger partial charge in [-0.3, -0.25) is 4.79 Å². The maximum atomic E-state index is 14.6. The Hall–Kier alpha value is -2.93. The van der Waals surface area contributed by atoms with Crippen LogP contribution in [-0.2, 0) is 6.54 Å². The second kappa shape index (κ2) is 8.21. The van der Waals surface area contributed by atoms with Crippen molar-refractivity contribution < 1.29 is 18.3 Å². The summed E-state index contributed by atoms with van der Waals surface area (Å²) in [6.07, 6.45) is 0.979. The molecule has 1 saturated heterocycles. The van der Waals surface area contributed by atoms with Crippen molar-refractivity contribution in [3.63, 3.8) is 0 Å². The van der Waals surface area contributed by atoms with Gasteiger partial charge in [-0.15, -0.1) is 0 Å². The van der Waals surface area contributed by atoms with Crippen LogP contribution in [0.4, 0.5) is 8.78 Å². The fourth-order valence-electron chi connectivity index (χ4n) is 3.77. The molecular formula is C22H23F2N3O2. The van der Waals surface area contributed by atoms with Crippen LogP contribution in [0.5, 0.6) is 5.75 Å². The Morgan fingerprint density at radius 2 is 2.07 bits per heavy atom. The van der Waals surface area contributed by atoms with Gasteiger partial charge in [0, 0.05) is 24.7 Å². The van der Waals surface area contributed by atoms with E-state index < -0.39 is 23.9 Å². The van der Waals surface area contributed by atoms with Gasteiger partial charge in [0.25, 0.3) is 5.91 Å². The maximum absolute atomic E-state index is 14.6. The third-order valence-electron chi connectivity index (χ3n) is 5.34. The van der Waals surface area contributed by atoms with Crippen LogP contribution in [0, 0.1) is 5.82 Å². The average Bonchev–Trinajstić information content (AvgIpc) is 3.10. The second-order valence-electron chi connectivity index (χ2n) is 7.24. The fraction of sp³-hybridized carbons (Fsp3) is 0.318. The minimum atomic E-state index is -1.16. The van der Waals surface area contributed by atoms with E-state index in [2.05, 4.69) is 10.6 Å². The minimum absolute atomic E-state index is 0.207. The number of methoxy groups -OCH3 is 1. The van der Waals surface area contributed by atoms with E-state index in [1.54, 1.807) is 25.4 Å². The minimum Gasteiger partial charge on any atom is -0.497 e. The molecule has 0 radical (unpaired) electrons. The number of ether oxygens (including phenoxy) is 1. The lowest BCUT2D eigenvalue weighted by Crippen LogP contribution is -2.50. The molecule has 1 amide bonds. The summed E-state index contributed by atoms with van der Waals surface area (Å²) in [5.74, 6) is -0.175. The number of piperidine rings is 1. The number of rotatable bonds is 5. The summed E-state index contributed by atoms with van der Waals surface area (Å²) in [7, 11) is 1.60. The van der Waals surface area contributed by atoms with Gasteiger partial charge >= 0.3 is 0 Å². The van der Waals surface area contributed by atoms with Gasteiger partial charge in [0.15, 0.2) is 0 Å². The lowest BCUT2D eigenvalue weighted by molar-refractivity contribution is 0.0893. The Labute approximate surface area is 167 Å². The van der Waals surface area contributed by atoms with Gasteiger partial charge in [-0.05, 0) is 42.8 Å². The molecule has 1 fully saturated rings. The lowest BCUT2D eigenvalue weighted by atomic mass is 10.0. The summed E-state index contributed by atoms with van der Waals surface area (Å²) in [5.41, 5.74) is 1.83. The van der Waals surface area contributed by atoms with Gasteiger partial charge < -0.3 is 19.9 Å². The fourth-order valence-corrected chi connectivity index (χ4v) is 3.77. The summed E-state index contributed by atoms with van der Waals surface area (Å²) < 4.78 is 35.7. The van der Waals surface area contributed by atoms with Crippen molar-refractivity contribution in [3.05, 3.63) is 65.6 Å². The van der Waals surface area contributed by atoms with E-state index in [9.17, 15) is 13.6 Å². The van der Waals surface area contributed by atoms with Crippen LogP contribution in [-0.4, -0.2) is 42.9 Å². The van der Waals surface area contributed by atoms with Crippen LogP contribution in [0.1, 0.15) is 22.3 Å². The van der Waals surface area contributed by atoms with Gasteiger partial charge in [-0.2, -0.15) is 0 Å². The predicted octanol–water partition coefficient (Wildman–Crippen LogP) is 3.27.